The summed E-state index contributed by atoms with van der Waals surface area (Å²) in [5.41, 5.74) is 1.18. The molecule has 6 nitrogen and oxygen atoms in total. The summed E-state index contributed by atoms with van der Waals surface area (Å²) in [6, 6.07) is 10.0. The lowest BCUT2D eigenvalue weighted by atomic mass is 10.1. The lowest BCUT2D eigenvalue weighted by molar-refractivity contribution is -0.145. The van der Waals surface area contributed by atoms with Crippen LogP contribution in [0.25, 0.3) is 6.08 Å². The Kier molecular flexibility index (Phi) is 8.42. The molecule has 0 saturated carbocycles. The van der Waals surface area contributed by atoms with Crippen molar-refractivity contribution in [2.75, 3.05) is 24.7 Å². The van der Waals surface area contributed by atoms with Crippen molar-refractivity contribution in [3.8, 4) is 11.5 Å². The maximum absolute atomic E-state index is 13.0. The second kappa shape index (κ2) is 11.0. The normalized spacial score (nSPS) is 14.8. The molecule has 2 aromatic carbocycles. The molecule has 1 heterocycles. The van der Waals surface area contributed by atoms with E-state index in [1.807, 2.05) is 6.92 Å². The number of anilines is 1. The van der Waals surface area contributed by atoms with Crippen LogP contribution >= 0.6 is 47.2 Å². The highest BCUT2D eigenvalue weighted by atomic mass is 35.5. The third-order valence-electron chi connectivity index (χ3n) is 4.16. The number of rotatable bonds is 8. The molecule has 1 amide bonds. The average Bonchev–Trinajstić information content (AvgIpc) is 3.01. The van der Waals surface area contributed by atoms with E-state index in [1.165, 1.54) is 16.7 Å². The lowest BCUT2D eigenvalue weighted by Crippen LogP contribution is -2.27. The molecule has 0 spiro atoms. The molecule has 0 unspecified atom stereocenters. The van der Waals surface area contributed by atoms with Crippen molar-refractivity contribution in [2.45, 2.75) is 13.8 Å². The van der Waals surface area contributed by atoms with Crippen LogP contribution in [0.15, 0.2) is 41.3 Å². The van der Waals surface area contributed by atoms with Crippen LogP contribution in [0.2, 0.25) is 10.0 Å². The van der Waals surface area contributed by atoms with Crippen molar-refractivity contribution >= 4 is 75.1 Å². The third-order valence-corrected chi connectivity index (χ3v) is 6.00. The van der Waals surface area contributed by atoms with Crippen LogP contribution < -0.4 is 14.4 Å². The lowest BCUT2D eigenvalue weighted by Gasteiger charge is -2.16. The van der Waals surface area contributed by atoms with Crippen LogP contribution in [0.3, 0.4) is 0 Å². The smallest absolute Gasteiger partial charge is 0.344 e. The van der Waals surface area contributed by atoms with Gasteiger partial charge in [0.2, 0.25) is 0 Å². The molecular weight excluding hydrogens is 493 g/mol. The summed E-state index contributed by atoms with van der Waals surface area (Å²) in [4.78, 5) is 26.4. The van der Waals surface area contributed by atoms with Gasteiger partial charge in [0.15, 0.2) is 22.4 Å². The van der Waals surface area contributed by atoms with Gasteiger partial charge in [0.05, 0.1) is 28.8 Å². The number of halogens is 2. The number of hydrogen-bond acceptors (Lipinski definition) is 7. The molecule has 0 aliphatic carbocycles. The number of nitrogens with zero attached hydrogens (tertiary/aromatic N) is 1. The molecule has 1 fully saturated rings. The second-order valence-corrected chi connectivity index (χ2v) is 8.87. The van der Waals surface area contributed by atoms with E-state index < -0.39 is 5.97 Å². The van der Waals surface area contributed by atoms with Gasteiger partial charge in [0.1, 0.15) is 0 Å². The molecule has 1 aliphatic heterocycles. The first-order chi connectivity index (χ1) is 15.3. The first-order valence-electron chi connectivity index (χ1n) is 9.62. The zero-order chi connectivity index (χ0) is 23.3. The molecule has 10 heteroatoms. The molecule has 168 valence electrons. The number of benzene rings is 2. The summed E-state index contributed by atoms with van der Waals surface area (Å²) in [5, 5.41) is 0.797. The Morgan fingerprint density at radius 3 is 2.56 bits per heavy atom. The first-order valence-corrected chi connectivity index (χ1v) is 11.6. The van der Waals surface area contributed by atoms with E-state index in [4.69, 9.17) is 49.6 Å². The van der Waals surface area contributed by atoms with Gasteiger partial charge in [-0.2, -0.15) is 0 Å². The highest BCUT2D eigenvalue weighted by Crippen LogP contribution is 2.40. The number of esters is 1. The Morgan fingerprint density at radius 2 is 1.88 bits per heavy atom. The van der Waals surface area contributed by atoms with Gasteiger partial charge in [-0.15, -0.1) is 0 Å². The summed E-state index contributed by atoms with van der Waals surface area (Å²) in [6.45, 7) is 4.01. The third kappa shape index (κ3) is 5.75. The molecule has 1 saturated heterocycles. The topological polar surface area (TPSA) is 65.1 Å². The minimum Gasteiger partial charge on any atom is -0.490 e. The number of ether oxygens (including phenoxy) is 3. The summed E-state index contributed by atoms with van der Waals surface area (Å²) in [6.07, 6.45) is 1.71. The van der Waals surface area contributed by atoms with Crippen molar-refractivity contribution in [3.63, 3.8) is 0 Å². The van der Waals surface area contributed by atoms with Crippen molar-refractivity contribution in [1.82, 2.24) is 0 Å². The van der Waals surface area contributed by atoms with Gasteiger partial charge >= 0.3 is 5.97 Å². The Labute approximate surface area is 205 Å². The summed E-state index contributed by atoms with van der Waals surface area (Å²) in [7, 11) is 0. The Balaban J connectivity index is 1.84. The van der Waals surface area contributed by atoms with Crippen LogP contribution in [0.5, 0.6) is 11.5 Å². The van der Waals surface area contributed by atoms with Crippen LogP contribution in [0, 0.1) is 0 Å². The highest BCUT2D eigenvalue weighted by molar-refractivity contribution is 8.27. The van der Waals surface area contributed by atoms with Crippen LogP contribution in [-0.2, 0) is 14.3 Å². The first kappa shape index (κ1) is 24.4. The van der Waals surface area contributed by atoms with Gasteiger partial charge in [-0.3, -0.25) is 9.69 Å². The summed E-state index contributed by atoms with van der Waals surface area (Å²) in [5.74, 6) is 0.0905. The van der Waals surface area contributed by atoms with Gasteiger partial charge in [-0.25, -0.2) is 4.79 Å². The number of carbonyl (C=O) groups is 2. The molecule has 0 atom stereocenters. The standard InChI is InChI=1S/C22H19Cl2NO5S2/c1-3-28-18-9-13(5-8-17(18)30-12-20(26)29-4-2)10-19-21(27)25(22(31)32-19)16-7-6-14(23)11-15(16)24/h5-11H,3-4,12H2,1-2H3/b19-10+. The minimum absolute atomic E-state index is 0.228. The molecule has 3 rings (SSSR count). The predicted octanol–water partition coefficient (Wildman–Crippen LogP) is 5.74. The molecule has 2 aromatic rings. The maximum atomic E-state index is 13.0. The van der Waals surface area contributed by atoms with Crippen LogP contribution in [-0.4, -0.2) is 36.0 Å². The van der Waals surface area contributed by atoms with Gasteiger partial charge < -0.3 is 14.2 Å². The van der Waals surface area contributed by atoms with Crippen LogP contribution in [0.1, 0.15) is 19.4 Å². The number of thiocarbonyl (C=S) groups is 1. The largest absolute Gasteiger partial charge is 0.490 e. The molecule has 0 radical (unpaired) electrons. The fraction of sp³-hybridized carbons (Fsp3) is 0.227. The van der Waals surface area contributed by atoms with E-state index in [0.29, 0.717) is 48.6 Å². The number of carbonyl (C=O) groups excluding carboxylic acids is 2. The van der Waals surface area contributed by atoms with E-state index in [1.54, 1.807) is 49.4 Å². The van der Waals surface area contributed by atoms with Crippen molar-refractivity contribution in [3.05, 3.63) is 56.9 Å². The number of amides is 1. The van der Waals surface area contributed by atoms with Gasteiger partial charge in [-0.05, 0) is 55.8 Å². The molecule has 1 aliphatic rings. The molecule has 0 bridgehead atoms. The Bertz CT molecular complexity index is 1090. The fourth-order valence-corrected chi connectivity index (χ4v) is 4.61. The average molecular weight is 512 g/mol. The van der Waals surface area contributed by atoms with Gasteiger partial charge in [0.25, 0.3) is 5.91 Å². The molecule has 0 aromatic heterocycles. The zero-order valence-corrected chi connectivity index (χ0v) is 20.4. The summed E-state index contributed by atoms with van der Waals surface area (Å²) < 4.78 is 16.4. The van der Waals surface area contributed by atoms with E-state index >= 15 is 0 Å². The van der Waals surface area contributed by atoms with Crippen molar-refractivity contribution in [2.24, 2.45) is 0 Å². The van der Waals surface area contributed by atoms with Crippen molar-refractivity contribution < 1.29 is 23.8 Å². The fourth-order valence-electron chi connectivity index (χ4n) is 2.83. The SMILES string of the molecule is CCOC(=O)COc1ccc(/C=C2/SC(=S)N(c3ccc(Cl)cc3Cl)C2=O)cc1OCC. The monoisotopic (exact) mass is 511 g/mol. The number of thioether (sulfide) groups is 1. The highest BCUT2D eigenvalue weighted by Gasteiger charge is 2.34. The number of hydrogen-bond donors (Lipinski definition) is 0. The molecular formula is C22H19Cl2NO5S2. The molecule has 0 N–H and O–H groups in total. The van der Waals surface area contributed by atoms with E-state index in [2.05, 4.69) is 0 Å². The second-order valence-electron chi connectivity index (χ2n) is 6.35. The van der Waals surface area contributed by atoms with E-state index in [-0.39, 0.29) is 19.1 Å². The van der Waals surface area contributed by atoms with Crippen molar-refractivity contribution in [1.29, 1.82) is 0 Å². The quantitative estimate of drug-likeness (QED) is 0.254. The molecule has 32 heavy (non-hydrogen) atoms. The van der Waals surface area contributed by atoms with Crippen LogP contribution in [0.4, 0.5) is 5.69 Å². The minimum atomic E-state index is -0.469. The zero-order valence-electron chi connectivity index (χ0n) is 17.2. The summed E-state index contributed by atoms with van der Waals surface area (Å²) >= 11 is 18.8. The van der Waals surface area contributed by atoms with E-state index in [9.17, 15) is 9.59 Å². The Morgan fingerprint density at radius 1 is 1.09 bits per heavy atom. The Hall–Kier alpha value is -2.26. The van der Waals surface area contributed by atoms with E-state index in [0.717, 1.165) is 0 Å². The van der Waals surface area contributed by atoms with Gasteiger partial charge in [-0.1, -0.05) is 53.2 Å². The maximum Gasteiger partial charge on any atom is 0.344 e. The van der Waals surface area contributed by atoms with Gasteiger partial charge in [0, 0.05) is 5.02 Å². The predicted molar refractivity (Wildman–Crippen MR) is 132 cm³/mol.